The average Bonchev–Trinajstić information content (AvgIpc) is 2.56. The van der Waals surface area contributed by atoms with Crippen LogP contribution in [0.25, 0.3) is 0 Å². The van der Waals surface area contributed by atoms with Crippen molar-refractivity contribution in [3.8, 4) is 0 Å². The summed E-state index contributed by atoms with van der Waals surface area (Å²) in [6, 6.07) is 0.448. The van der Waals surface area contributed by atoms with Gasteiger partial charge in [-0.25, -0.2) is 4.79 Å². The Morgan fingerprint density at radius 3 is 2.43 bits per heavy atom. The summed E-state index contributed by atoms with van der Waals surface area (Å²) in [5, 5.41) is 6.51. The van der Waals surface area contributed by atoms with Gasteiger partial charge in [-0.3, -0.25) is 4.21 Å². The van der Waals surface area contributed by atoms with E-state index in [4.69, 9.17) is 0 Å². The highest BCUT2D eigenvalue weighted by molar-refractivity contribution is 7.85. The zero-order valence-electron chi connectivity index (χ0n) is 14.7. The van der Waals surface area contributed by atoms with E-state index in [1.54, 1.807) is 0 Å². The fraction of sp³-hybridized carbons (Fsp3) is 0.941. The van der Waals surface area contributed by atoms with Gasteiger partial charge in [-0.2, -0.15) is 0 Å². The van der Waals surface area contributed by atoms with Crippen molar-refractivity contribution in [1.82, 2.24) is 15.5 Å². The third kappa shape index (κ3) is 6.07. The molecule has 6 heteroatoms. The zero-order chi connectivity index (χ0) is 16.7. The van der Waals surface area contributed by atoms with E-state index in [2.05, 4.69) is 22.5 Å². The molecule has 0 bridgehead atoms. The Kier molecular flexibility index (Phi) is 7.83. The van der Waals surface area contributed by atoms with E-state index >= 15 is 0 Å². The summed E-state index contributed by atoms with van der Waals surface area (Å²) in [6.45, 7) is 7.52. The number of rotatable bonds is 6. The van der Waals surface area contributed by atoms with Crippen LogP contribution in [-0.2, 0) is 10.8 Å². The summed E-state index contributed by atoms with van der Waals surface area (Å²) < 4.78 is 12.0. The molecule has 2 rings (SSSR count). The molecule has 3 atom stereocenters. The molecule has 1 aliphatic heterocycles. The highest BCUT2D eigenvalue weighted by atomic mass is 32.2. The lowest BCUT2D eigenvalue weighted by Gasteiger charge is -2.33. The molecule has 2 fully saturated rings. The van der Waals surface area contributed by atoms with Crippen LogP contribution in [0.3, 0.4) is 0 Å². The molecule has 2 amide bonds. The van der Waals surface area contributed by atoms with Crippen LogP contribution in [0.4, 0.5) is 4.79 Å². The second kappa shape index (κ2) is 9.62. The van der Waals surface area contributed by atoms with Gasteiger partial charge in [0, 0.05) is 47.0 Å². The Morgan fingerprint density at radius 1 is 1.09 bits per heavy atom. The summed E-state index contributed by atoms with van der Waals surface area (Å²) in [4.78, 5) is 14.7. The molecule has 0 spiro atoms. The molecule has 1 saturated carbocycles. The van der Waals surface area contributed by atoms with Crippen LogP contribution in [0.1, 0.15) is 58.8 Å². The number of nitrogens with one attached hydrogen (secondary N) is 2. The number of hydrogen-bond donors (Lipinski definition) is 2. The zero-order valence-corrected chi connectivity index (χ0v) is 15.5. The monoisotopic (exact) mass is 343 g/mol. The van der Waals surface area contributed by atoms with Gasteiger partial charge in [0.05, 0.1) is 0 Å². The maximum absolute atomic E-state index is 12.2. The summed E-state index contributed by atoms with van der Waals surface area (Å²) in [5.74, 6) is 0.722. The number of carbonyl (C=O) groups excluding carboxylic acids is 1. The van der Waals surface area contributed by atoms with Gasteiger partial charge in [-0.1, -0.05) is 20.3 Å². The third-order valence-electron chi connectivity index (χ3n) is 5.08. The van der Waals surface area contributed by atoms with E-state index in [-0.39, 0.29) is 17.3 Å². The van der Waals surface area contributed by atoms with Crippen LogP contribution in [0, 0.1) is 0 Å². The van der Waals surface area contributed by atoms with Crippen molar-refractivity contribution in [2.45, 2.75) is 76.1 Å². The van der Waals surface area contributed by atoms with Crippen LogP contribution < -0.4 is 10.6 Å². The Balaban J connectivity index is 1.69. The highest BCUT2D eigenvalue weighted by Crippen LogP contribution is 2.23. The lowest BCUT2D eigenvalue weighted by Crippen LogP contribution is -2.51. The standard InChI is InChI=1S/C17H33N3O2S/c1-3-10-20-11-8-14(9-12-20)18-17(21)19-15-6-5-7-16(13-15)23(22)4-2/h14-16H,3-13H2,1-2H3,(H2,18,19,21). The lowest BCUT2D eigenvalue weighted by molar-refractivity contribution is 0.190. The van der Waals surface area contributed by atoms with Crippen molar-refractivity contribution < 1.29 is 9.00 Å². The van der Waals surface area contributed by atoms with E-state index in [0.29, 0.717) is 6.04 Å². The number of piperidine rings is 1. The molecular weight excluding hydrogens is 310 g/mol. The fourth-order valence-electron chi connectivity index (χ4n) is 3.78. The molecule has 1 aliphatic carbocycles. The molecule has 23 heavy (non-hydrogen) atoms. The molecule has 0 aromatic rings. The van der Waals surface area contributed by atoms with E-state index in [9.17, 15) is 9.00 Å². The molecule has 3 unspecified atom stereocenters. The predicted molar refractivity (Wildman–Crippen MR) is 96.1 cm³/mol. The molecule has 134 valence electrons. The Bertz CT molecular complexity index is 397. The van der Waals surface area contributed by atoms with Crippen LogP contribution in [0.5, 0.6) is 0 Å². The van der Waals surface area contributed by atoms with Gasteiger partial charge < -0.3 is 15.5 Å². The summed E-state index contributed by atoms with van der Waals surface area (Å²) in [5.41, 5.74) is 0. The molecule has 1 heterocycles. The number of hydrogen-bond acceptors (Lipinski definition) is 3. The first-order chi connectivity index (χ1) is 11.1. The smallest absolute Gasteiger partial charge is 0.315 e. The van der Waals surface area contributed by atoms with Gasteiger partial charge >= 0.3 is 6.03 Å². The molecule has 2 aliphatic rings. The topological polar surface area (TPSA) is 61.4 Å². The van der Waals surface area contributed by atoms with Gasteiger partial charge in [-0.05, 0) is 45.1 Å². The first kappa shape index (κ1) is 18.7. The molecular formula is C17H33N3O2S. The van der Waals surface area contributed by atoms with Crippen molar-refractivity contribution in [1.29, 1.82) is 0 Å². The minimum absolute atomic E-state index is 0.0353. The minimum Gasteiger partial charge on any atom is -0.335 e. The van der Waals surface area contributed by atoms with Crippen molar-refractivity contribution in [3.63, 3.8) is 0 Å². The fourth-order valence-corrected chi connectivity index (χ4v) is 5.13. The summed E-state index contributed by atoms with van der Waals surface area (Å²) >= 11 is 0. The largest absolute Gasteiger partial charge is 0.335 e. The number of nitrogens with zero attached hydrogens (tertiary/aromatic N) is 1. The highest BCUT2D eigenvalue weighted by Gasteiger charge is 2.27. The molecule has 0 aromatic carbocycles. The Labute approximate surface area is 143 Å². The number of urea groups is 1. The molecule has 0 radical (unpaired) electrons. The van der Waals surface area contributed by atoms with Crippen LogP contribution >= 0.6 is 0 Å². The number of amides is 2. The van der Waals surface area contributed by atoms with E-state index in [0.717, 1.165) is 63.9 Å². The summed E-state index contributed by atoms with van der Waals surface area (Å²) in [7, 11) is -0.739. The minimum atomic E-state index is -0.739. The lowest BCUT2D eigenvalue weighted by atomic mass is 9.95. The third-order valence-corrected chi connectivity index (χ3v) is 6.82. The van der Waals surface area contributed by atoms with Gasteiger partial charge in [0.1, 0.15) is 0 Å². The van der Waals surface area contributed by atoms with Crippen LogP contribution in [0.2, 0.25) is 0 Å². The first-order valence-corrected chi connectivity index (χ1v) is 10.7. The van der Waals surface area contributed by atoms with Gasteiger partial charge in [0.2, 0.25) is 0 Å². The van der Waals surface area contributed by atoms with Crippen LogP contribution in [-0.4, -0.2) is 57.9 Å². The maximum Gasteiger partial charge on any atom is 0.315 e. The van der Waals surface area contributed by atoms with E-state index < -0.39 is 10.8 Å². The SMILES string of the molecule is CCCN1CCC(NC(=O)NC2CCCC(S(=O)CC)C2)CC1. The normalized spacial score (nSPS) is 28.3. The van der Waals surface area contributed by atoms with Crippen molar-refractivity contribution >= 4 is 16.8 Å². The first-order valence-electron chi connectivity index (χ1n) is 9.28. The van der Waals surface area contributed by atoms with Crippen molar-refractivity contribution in [2.75, 3.05) is 25.4 Å². The Morgan fingerprint density at radius 2 is 1.78 bits per heavy atom. The summed E-state index contributed by atoms with van der Waals surface area (Å²) in [6.07, 6.45) is 7.26. The van der Waals surface area contributed by atoms with E-state index in [1.807, 2.05) is 6.92 Å². The molecule has 5 nitrogen and oxygen atoms in total. The molecule has 0 aromatic heterocycles. The van der Waals surface area contributed by atoms with Crippen molar-refractivity contribution in [2.24, 2.45) is 0 Å². The second-order valence-corrected chi connectivity index (χ2v) is 8.89. The van der Waals surface area contributed by atoms with Crippen LogP contribution in [0.15, 0.2) is 0 Å². The van der Waals surface area contributed by atoms with Gasteiger partial charge in [0.25, 0.3) is 0 Å². The predicted octanol–water partition coefficient (Wildman–Crippen LogP) is 2.24. The quantitative estimate of drug-likeness (QED) is 0.777. The van der Waals surface area contributed by atoms with Gasteiger partial charge in [0.15, 0.2) is 0 Å². The number of carbonyl (C=O) groups is 1. The maximum atomic E-state index is 12.2. The average molecular weight is 344 g/mol. The van der Waals surface area contributed by atoms with E-state index in [1.165, 1.54) is 6.42 Å². The Hall–Kier alpha value is -0.620. The molecule has 1 saturated heterocycles. The van der Waals surface area contributed by atoms with Gasteiger partial charge in [-0.15, -0.1) is 0 Å². The molecule has 2 N–H and O–H groups in total. The number of likely N-dealkylation sites (tertiary alicyclic amines) is 1. The second-order valence-electron chi connectivity index (χ2n) is 6.89. The van der Waals surface area contributed by atoms with Crippen molar-refractivity contribution in [3.05, 3.63) is 0 Å².